The monoisotopic (exact) mass is 280 g/mol. The average Bonchev–Trinajstić information content (AvgIpc) is 2.22. The minimum atomic E-state index is -4.77. The lowest BCUT2D eigenvalue weighted by Gasteiger charge is -2.09. The Labute approximate surface area is 101 Å². The van der Waals surface area contributed by atoms with Gasteiger partial charge in [-0.2, -0.15) is 21.6 Å². The molecule has 98 valence electrons. The van der Waals surface area contributed by atoms with Gasteiger partial charge in [0.05, 0.1) is 11.0 Å². The Hall–Kier alpha value is -1.63. The van der Waals surface area contributed by atoms with Crippen LogP contribution in [0, 0.1) is 0 Å². The average molecular weight is 280 g/mol. The van der Waals surface area contributed by atoms with Gasteiger partial charge in [-0.3, -0.25) is 0 Å². The minimum Gasteiger partial charge on any atom is -0.190 e. The molecule has 0 bridgehead atoms. The van der Waals surface area contributed by atoms with Crippen molar-refractivity contribution in [2.75, 3.05) is 0 Å². The number of benzene rings is 1. The summed E-state index contributed by atoms with van der Waals surface area (Å²) in [5.74, 6) is 0. The molecule has 0 aromatic heterocycles. The summed E-state index contributed by atoms with van der Waals surface area (Å²) < 4.78 is 69.9. The molecule has 0 spiro atoms. The van der Waals surface area contributed by atoms with E-state index >= 15 is 0 Å². The van der Waals surface area contributed by atoms with Gasteiger partial charge in [0.1, 0.15) is 0 Å². The Balaban J connectivity index is 2.99. The lowest BCUT2D eigenvalue weighted by molar-refractivity contribution is -0.137. The summed E-state index contributed by atoms with van der Waals surface area (Å²) in [5, 5.41) is 0.250. The van der Waals surface area contributed by atoms with Crippen molar-refractivity contribution in [2.24, 2.45) is 0 Å². The highest BCUT2D eigenvalue weighted by Gasteiger charge is 2.32. The van der Waals surface area contributed by atoms with Crippen molar-refractivity contribution in [1.29, 1.82) is 0 Å². The van der Waals surface area contributed by atoms with Gasteiger partial charge in [-0.1, -0.05) is 30.4 Å². The van der Waals surface area contributed by atoms with Gasteiger partial charge < -0.3 is 0 Å². The van der Waals surface area contributed by atoms with E-state index in [1.807, 2.05) is 0 Å². The molecule has 0 amide bonds. The number of alkyl halides is 3. The van der Waals surface area contributed by atoms with Gasteiger partial charge in [0.25, 0.3) is 0 Å². The van der Waals surface area contributed by atoms with Gasteiger partial charge in [0, 0.05) is 0 Å². The van der Waals surface area contributed by atoms with Gasteiger partial charge in [-0.25, -0.2) is 0 Å². The van der Waals surface area contributed by atoms with Crippen molar-refractivity contribution < 1.29 is 25.5 Å². The lowest BCUT2D eigenvalue weighted by atomic mass is 10.1. The van der Waals surface area contributed by atoms with Crippen LogP contribution in [0.5, 0.6) is 0 Å². The molecule has 0 aliphatic carbocycles. The van der Waals surface area contributed by atoms with Crippen LogP contribution in [0.1, 0.15) is 11.1 Å². The summed E-state index contributed by atoms with van der Waals surface area (Å²) in [7, 11) is -4.77. The molecule has 1 aromatic carbocycles. The smallest absolute Gasteiger partial charge is 0.190 e. The van der Waals surface area contributed by atoms with Crippen LogP contribution < -0.4 is 0 Å². The summed E-state index contributed by atoms with van der Waals surface area (Å²) in [5.41, 5.74) is -0.983. The Morgan fingerprint density at radius 2 is 1.67 bits per heavy atom. The normalized spacial score (nSPS) is 13.6. The number of hydrogen-bond donors (Lipinski definition) is 0. The van der Waals surface area contributed by atoms with E-state index in [4.69, 9.17) is 0 Å². The highest BCUT2D eigenvalue weighted by molar-refractivity contribution is 7.89. The minimum absolute atomic E-state index is 0.133. The molecule has 0 unspecified atom stereocenters. The van der Waals surface area contributed by atoms with E-state index in [-0.39, 0.29) is 11.0 Å². The molecule has 0 aliphatic rings. The Morgan fingerprint density at radius 3 is 2.22 bits per heavy atom. The molecule has 18 heavy (non-hydrogen) atoms. The molecule has 2 nitrogen and oxygen atoms in total. The lowest BCUT2D eigenvalue weighted by Crippen LogP contribution is -2.06. The van der Waals surface area contributed by atoms with E-state index in [1.54, 1.807) is 0 Å². The zero-order valence-corrected chi connectivity index (χ0v) is 9.67. The topological polar surface area (TPSA) is 34.1 Å². The van der Waals surface area contributed by atoms with Crippen LogP contribution in [0.3, 0.4) is 0 Å². The zero-order chi connectivity index (χ0) is 13.8. The van der Waals surface area contributed by atoms with E-state index in [1.165, 1.54) is 18.2 Å². The third kappa shape index (κ3) is 4.70. The predicted octanol–water partition coefficient (Wildman–Crippen LogP) is 3.53. The first-order valence-corrected chi connectivity index (χ1v) is 6.10. The van der Waals surface area contributed by atoms with Crippen molar-refractivity contribution in [2.45, 2.75) is 6.18 Å². The molecule has 0 aliphatic heterocycles. The molecule has 0 N–H and O–H groups in total. The fourth-order valence-electron chi connectivity index (χ4n) is 1.20. The second kappa shape index (κ2) is 5.34. The van der Waals surface area contributed by atoms with Crippen LogP contribution in [-0.2, 0) is 16.4 Å². The van der Waals surface area contributed by atoms with Crippen LogP contribution in [0.25, 0.3) is 6.08 Å². The standard InChI is InChI=1S/C11H8F4O2S/c12-11(13,14)10-7-2-1-5-9(10)6-3-4-8-18(15,16)17/h1-8H/b6-3+,8-4+. The molecule has 0 atom stereocenters. The maximum Gasteiger partial charge on any atom is 0.416 e. The molecule has 7 heteroatoms. The van der Waals surface area contributed by atoms with Crippen LogP contribution in [0.4, 0.5) is 17.1 Å². The molecular formula is C11H8F4O2S. The Morgan fingerprint density at radius 1 is 1.06 bits per heavy atom. The van der Waals surface area contributed by atoms with Crippen LogP contribution in [-0.4, -0.2) is 8.42 Å². The van der Waals surface area contributed by atoms with E-state index in [0.717, 1.165) is 24.3 Å². The second-order valence-corrected chi connectivity index (χ2v) is 4.47. The van der Waals surface area contributed by atoms with Crippen molar-refractivity contribution in [3.63, 3.8) is 0 Å². The largest absolute Gasteiger partial charge is 0.416 e. The van der Waals surface area contributed by atoms with Crippen molar-refractivity contribution in [3.05, 3.63) is 53.0 Å². The van der Waals surface area contributed by atoms with Crippen LogP contribution in [0.2, 0.25) is 0 Å². The summed E-state index contributed by atoms with van der Waals surface area (Å²) in [4.78, 5) is 0. The molecule has 1 rings (SSSR count). The fraction of sp³-hybridized carbons (Fsp3) is 0.0909. The van der Waals surface area contributed by atoms with Gasteiger partial charge >= 0.3 is 16.4 Å². The van der Waals surface area contributed by atoms with Crippen molar-refractivity contribution >= 4 is 16.3 Å². The highest BCUT2D eigenvalue weighted by Crippen LogP contribution is 2.32. The first kappa shape index (κ1) is 14.4. The quantitative estimate of drug-likeness (QED) is 0.482. The fourth-order valence-corrected chi connectivity index (χ4v) is 1.48. The van der Waals surface area contributed by atoms with E-state index in [0.29, 0.717) is 0 Å². The van der Waals surface area contributed by atoms with Crippen LogP contribution >= 0.6 is 0 Å². The molecule has 0 fully saturated rings. The Bertz CT molecular complexity index is 571. The summed E-state index contributed by atoms with van der Waals surface area (Å²) in [6.45, 7) is 0. The number of hydrogen-bond acceptors (Lipinski definition) is 2. The highest BCUT2D eigenvalue weighted by atomic mass is 32.3. The van der Waals surface area contributed by atoms with Crippen molar-refractivity contribution in [1.82, 2.24) is 0 Å². The summed E-state index contributed by atoms with van der Waals surface area (Å²) in [6, 6.07) is 4.76. The van der Waals surface area contributed by atoms with Gasteiger partial charge in [-0.15, -0.1) is 3.89 Å². The number of allylic oxidation sites excluding steroid dienone is 2. The molecular weight excluding hydrogens is 272 g/mol. The molecule has 0 heterocycles. The number of rotatable bonds is 3. The SMILES string of the molecule is O=S(=O)(F)/C=C/C=C/c1ccccc1C(F)(F)F. The zero-order valence-electron chi connectivity index (χ0n) is 8.86. The van der Waals surface area contributed by atoms with E-state index in [9.17, 15) is 25.5 Å². The second-order valence-electron chi connectivity index (χ2n) is 3.25. The third-order valence-electron chi connectivity index (χ3n) is 1.89. The molecule has 0 radical (unpaired) electrons. The summed E-state index contributed by atoms with van der Waals surface area (Å²) in [6.07, 6.45) is -1.63. The van der Waals surface area contributed by atoms with Gasteiger partial charge in [0.15, 0.2) is 0 Å². The summed E-state index contributed by atoms with van der Waals surface area (Å²) >= 11 is 0. The Kier molecular flexibility index (Phi) is 4.28. The molecule has 1 aromatic rings. The number of halogens is 4. The van der Waals surface area contributed by atoms with Crippen LogP contribution in [0.15, 0.2) is 41.8 Å². The van der Waals surface area contributed by atoms with Crippen molar-refractivity contribution in [3.8, 4) is 0 Å². The third-order valence-corrected chi connectivity index (χ3v) is 2.38. The van der Waals surface area contributed by atoms with Gasteiger partial charge in [0.2, 0.25) is 0 Å². The van der Waals surface area contributed by atoms with E-state index < -0.39 is 22.0 Å². The van der Waals surface area contributed by atoms with Gasteiger partial charge in [-0.05, 0) is 17.7 Å². The molecule has 0 saturated heterocycles. The first-order chi connectivity index (χ1) is 8.20. The maximum atomic E-state index is 12.5. The maximum absolute atomic E-state index is 12.5. The van der Waals surface area contributed by atoms with E-state index in [2.05, 4.69) is 0 Å². The molecule has 0 saturated carbocycles. The predicted molar refractivity (Wildman–Crippen MR) is 59.6 cm³/mol. The first-order valence-electron chi connectivity index (χ1n) is 4.66.